The molecule has 0 bridgehead atoms. The molecule has 3 amide bonds. The fraction of sp³-hybridized carbons (Fsp3) is 0.0476. The summed E-state index contributed by atoms with van der Waals surface area (Å²) in [6.07, 6.45) is -4.47. The van der Waals surface area contributed by atoms with Crippen molar-refractivity contribution in [3.05, 3.63) is 59.0 Å². The third-order valence-corrected chi connectivity index (χ3v) is 5.81. The van der Waals surface area contributed by atoms with Crippen LogP contribution in [0, 0.1) is 0 Å². The van der Waals surface area contributed by atoms with E-state index < -0.39 is 23.7 Å². The Balaban J connectivity index is 1.60. The number of halogens is 3. The standard InChI is InChI=1S/C21H16F3N7O2S/c22-21(23,24)10-4-6-11(7-5-10)28-20(33)29-12-3-1-2-9(8-12)15-13-14(25)16(17(26)32)34-18(13)31-19(27)30-15/h1-8H,25H2,(H2,26,32)(H2,27,30,31)(H2,28,29,33). The first-order chi connectivity index (χ1) is 16.0. The van der Waals surface area contributed by atoms with Gasteiger partial charge in [-0.3, -0.25) is 4.79 Å². The van der Waals surface area contributed by atoms with Crippen LogP contribution >= 0.6 is 11.3 Å². The molecular weight excluding hydrogens is 471 g/mol. The highest BCUT2D eigenvalue weighted by Crippen LogP contribution is 2.39. The summed E-state index contributed by atoms with van der Waals surface area (Å²) in [6, 6.07) is 9.89. The maximum Gasteiger partial charge on any atom is 0.416 e. The van der Waals surface area contributed by atoms with Crippen molar-refractivity contribution in [1.82, 2.24) is 9.97 Å². The van der Waals surface area contributed by atoms with Gasteiger partial charge in [0, 0.05) is 16.9 Å². The molecule has 0 radical (unpaired) electrons. The van der Waals surface area contributed by atoms with Crippen LogP contribution in [0.15, 0.2) is 48.5 Å². The average molecular weight is 487 g/mol. The Labute approximate surface area is 193 Å². The SMILES string of the molecule is NC(=O)c1sc2nc(N)nc(-c3cccc(NC(=O)Nc4ccc(C(F)(F)F)cc4)c3)c2c1N. The number of fused-ring (bicyclic) bond motifs is 1. The molecule has 0 atom stereocenters. The minimum Gasteiger partial charge on any atom is -0.397 e. The molecule has 0 spiro atoms. The first kappa shape index (κ1) is 22.8. The van der Waals surface area contributed by atoms with Gasteiger partial charge in [-0.25, -0.2) is 14.8 Å². The first-order valence-electron chi connectivity index (χ1n) is 9.54. The van der Waals surface area contributed by atoms with Crippen molar-refractivity contribution in [3.8, 4) is 11.3 Å². The number of nitrogens with zero attached hydrogens (tertiary/aromatic N) is 2. The summed E-state index contributed by atoms with van der Waals surface area (Å²) in [7, 11) is 0. The highest BCUT2D eigenvalue weighted by Gasteiger charge is 2.30. The summed E-state index contributed by atoms with van der Waals surface area (Å²) in [5.74, 6) is -0.751. The Morgan fingerprint density at radius 2 is 1.62 bits per heavy atom. The van der Waals surface area contributed by atoms with Gasteiger partial charge in [-0.05, 0) is 36.4 Å². The number of thiophene rings is 1. The lowest BCUT2D eigenvalue weighted by molar-refractivity contribution is -0.137. The highest BCUT2D eigenvalue weighted by atomic mass is 32.1. The molecule has 2 aromatic heterocycles. The van der Waals surface area contributed by atoms with E-state index in [1.807, 2.05) is 0 Å². The molecule has 0 aliphatic carbocycles. The minimum absolute atomic E-state index is 0.0434. The van der Waals surface area contributed by atoms with Crippen molar-refractivity contribution in [2.75, 3.05) is 22.1 Å². The molecule has 0 saturated heterocycles. The van der Waals surface area contributed by atoms with Crippen LogP contribution in [0.1, 0.15) is 15.2 Å². The van der Waals surface area contributed by atoms with Gasteiger partial charge in [-0.2, -0.15) is 13.2 Å². The normalized spacial score (nSPS) is 11.4. The van der Waals surface area contributed by atoms with E-state index >= 15 is 0 Å². The molecule has 0 unspecified atom stereocenters. The smallest absolute Gasteiger partial charge is 0.397 e. The summed E-state index contributed by atoms with van der Waals surface area (Å²) in [5.41, 5.74) is 18.0. The lowest BCUT2D eigenvalue weighted by Gasteiger charge is -2.11. The van der Waals surface area contributed by atoms with Crippen LogP contribution in [-0.2, 0) is 6.18 Å². The quantitative estimate of drug-likeness (QED) is 0.288. The number of aromatic nitrogens is 2. The monoisotopic (exact) mass is 487 g/mol. The number of amides is 3. The summed E-state index contributed by atoms with van der Waals surface area (Å²) >= 11 is 0.993. The molecule has 34 heavy (non-hydrogen) atoms. The maximum atomic E-state index is 12.7. The molecule has 0 fully saturated rings. The zero-order valence-electron chi connectivity index (χ0n) is 17.1. The summed E-state index contributed by atoms with van der Waals surface area (Å²) in [4.78, 5) is 32.9. The van der Waals surface area contributed by atoms with Crippen molar-refractivity contribution in [3.63, 3.8) is 0 Å². The molecule has 0 aliphatic heterocycles. The predicted octanol–water partition coefficient (Wildman–Crippen LogP) is 4.28. The van der Waals surface area contributed by atoms with E-state index in [1.54, 1.807) is 24.3 Å². The van der Waals surface area contributed by atoms with Crippen LogP contribution in [0.2, 0.25) is 0 Å². The fourth-order valence-corrected chi connectivity index (χ4v) is 4.16. The van der Waals surface area contributed by atoms with Crippen molar-refractivity contribution in [2.24, 2.45) is 5.73 Å². The number of carbonyl (C=O) groups excluding carboxylic acids is 2. The molecule has 13 heteroatoms. The lowest BCUT2D eigenvalue weighted by Crippen LogP contribution is -2.19. The molecule has 2 heterocycles. The molecule has 2 aromatic carbocycles. The van der Waals surface area contributed by atoms with Gasteiger partial charge in [0.2, 0.25) is 5.95 Å². The zero-order chi connectivity index (χ0) is 24.6. The van der Waals surface area contributed by atoms with Crippen LogP contribution in [0.3, 0.4) is 0 Å². The Morgan fingerprint density at radius 1 is 0.941 bits per heavy atom. The number of nitrogen functional groups attached to an aromatic ring is 2. The third-order valence-electron chi connectivity index (χ3n) is 4.69. The lowest BCUT2D eigenvalue weighted by atomic mass is 10.1. The van der Waals surface area contributed by atoms with E-state index in [-0.39, 0.29) is 22.2 Å². The van der Waals surface area contributed by atoms with Gasteiger partial charge in [-0.1, -0.05) is 12.1 Å². The number of rotatable bonds is 4. The highest BCUT2D eigenvalue weighted by molar-refractivity contribution is 7.21. The van der Waals surface area contributed by atoms with Gasteiger partial charge < -0.3 is 27.8 Å². The number of hydrogen-bond acceptors (Lipinski definition) is 7. The molecule has 9 nitrogen and oxygen atoms in total. The van der Waals surface area contributed by atoms with E-state index in [0.29, 0.717) is 27.2 Å². The average Bonchev–Trinajstić information content (AvgIpc) is 3.09. The number of nitrogens with one attached hydrogen (secondary N) is 2. The van der Waals surface area contributed by atoms with E-state index in [1.165, 1.54) is 0 Å². The van der Waals surface area contributed by atoms with Gasteiger partial charge in [0.05, 0.1) is 22.3 Å². The van der Waals surface area contributed by atoms with Crippen LogP contribution in [0.4, 0.5) is 41.0 Å². The Bertz CT molecular complexity index is 1420. The Hall–Kier alpha value is -4.39. The van der Waals surface area contributed by atoms with Crippen LogP contribution < -0.4 is 27.8 Å². The number of nitrogens with two attached hydrogens (primary N) is 3. The number of primary amides is 1. The minimum atomic E-state index is -4.47. The van der Waals surface area contributed by atoms with Crippen LogP contribution in [-0.4, -0.2) is 21.9 Å². The van der Waals surface area contributed by atoms with Crippen LogP contribution in [0.25, 0.3) is 21.5 Å². The van der Waals surface area contributed by atoms with E-state index in [9.17, 15) is 22.8 Å². The number of carbonyl (C=O) groups is 2. The topological polar surface area (TPSA) is 162 Å². The summed E-state index contributed by atoms with van der Waals surface area (Å²) < 4.78 is 38.1. The molecule has 4 aromatic rings. The Morgan fingerprint density at radius 3 is 2.26 bits per heavy atom. The largest absolute Gasteiger partial charge is 0.416 e. The van der Waals surface area contributed by atoms with Crippen molar-refractivity contribution < 1.29 is 22.8 Å². The second kappa shape index (κ2) is 8.51. The number of anilines is 4. The summed E-state index contributed by atoms with van der Waals surface area (Å²) in [6.45, 7) is 0. The molecule has 8 N–H and O–H groups in total. The fourth-order valence-electron chi connectivity index (χ4n) is 3.21. The van der Waals surface area contributed by atoms with Crippen molar-refractivity contribution in [1.29, 1.82) is 0 Å². The second-order valence-corrected chi connectivity index (χ2v) is 8.05. The predicted molar refractivity (Wildman–Crippen MR) is 124 cm³/mol. The molecular formula is C21H16F3N7O2S. The van der Waals surface area contributed by atoms with Crippen molar-refractivity contribution >= 4 is 56.5 Å². The van der Waals surface area contributed by atoms with E-state index in [0.717, 1.165) is 35.6 Å². The third kappa shape index (κ3) is 4.54. The summed E-state index contributed by atoms with van der Waals surface area (Å²) in [5, 5.41) is 5.46. The van der Waals surface area contributed by atoms with Gasteiger partial charge in [0.25, 0.3) is 5.91 Å². The van der Waals surface area contributed by atoms with Gasteiger partial charge in [-0.15, -0.1) is 11.3 Å². The number of hydrogen-bond donors (Lipinski definition) is 5. The zero-order valence-corrected chi connectivity index (χ0v) is 17.9. The first-order valence-corrected chi connectivity index (χ1v) is 10.4. The van der Waals surface area contributed by atoms with E-state index in [2.05, 4.69) is 20.6 Å². The van der Waals surface area contributed by atoms with Gasteiger partial charge in [0.15, 0.2) is 0 Å². The van der Waals surface area contributed by atoms with E-state index in [4.69, 9.17) is 17.2 Å². The van der Waals surface area contributed by atoms with Crippen LogP contribution in [0.5, 0.6) is 0 Å². The molecule has 4 rings (SSSR count). The molecule has 0 aliphatic rings. The number of benzene rings is 2. The van der Waals surface area contributed by atoms with Crippen molar-refractivity contribution in [2.45, 2.75) is 6.18 Å². The molecule has 174 valence electrons. The number of alkyl halides is 3. The molecule has 0 saturated carbocycles. The second-order valence-electron chi connectivity index (χ2n) is 7.05. The van der Waals surface area contributed by atoms with Gasteiger partial charge >= 0.3 is 12.2 Å². The number of urea groups is 1. The Kier molecular flexibility index (Phi) is 5.71. The van der Waals surface area contributed by atoms with Gasteiger partial charge in [0.1, 0.15) is 9.71 Å². The maximum absolute atomic E-state index is 12.7.